The molecule has 71 heavy (non-hydrogen) atoms. The number of imidazole rings is 1. The molecule has 0 aliphatic rings. The number of phenols is 1. The summed E-state index contributed by atoms with van der Waals surface area (Å²) in [6.45, 7) is -18.6. The van der Waals surface area contributed by atoms with E-state index in [1.54, 1.807) is 30.5 Å². The largest absolute Gasteiger partial charge is 0.507 e. The first kappa shape index (κ1) is 31.3. The second kappa shape index (κ2) is 19.2. The minimum absolute atomic E-state index is 0. The minimum atomic E-state index is -4.15. The van der Waals surface area contributed by atoms with Crippen molar-refractivity contribution in [3.63, 3.8) is 0 Å². The molecule has 0 amide bonds. The van der Waals surface area contributed by atoms with E-state index in [9.17, 15) is 5.11 Å². The fraction of sp³-hybridized carbons (Fsp3) is 0.182. The van der Waals surface area contributed by atoms with Crippen LogP contribution in [0.2, 0.25) is 0 Å². The van der Waals surface area contributed by atoms with Crippen molar-refractivity contribution < 1.29 is 50.8 Å². The van der Waals surface area contributed by atoms with E-state index < -0.39 is 85.6 Å². The molecule has 0 radical (unpaired) electrons. The monoisotopic (exact) mass is 1120 g/mol. The van der Waals surface area contributed by atoms with Crippen molar-refractivity contribution in [3.8, 4) is 89.7 Å². The van der Waals surface area contributed by atoms with Gasteiger partial charge in [0, 0.05) is 68.9 Å². The minimum Gasteiger partial charge on any atom is -0.507 e. The van der Waals surface area contributed by atoms with Crippen LogP contribution < -0.4 is 0 Å². The van der Waals surface area contributed by atoms with Crippen molar-refractivity contribution in [1.82, 2.24) is 14.5 Å². The van der Waals surface area contributed by atoms with E-state index in [0.29, 0.717) is 34.1 Å². The van der Waals surface area contributed by atoms with Crippen LogP contribution in [0.15, 0.2) is 194 Å². The molecule has 2 aromatic heterocycles. The van der Waals surface area contributed by atoms with Crippen LogP contribution in [0, 0.1) is 6.07 Å². The summed E-state index contributed by atoms with van der Waals surface area (Å²) < 4.78 is 160. The topological polar surface area (TPSA) is 50.9 Å². The molecule has 10 aromatic rings. The average molecular weight is 1120 g/mol. The van der Waals surface area contributed by atoms with Gasteiger partial charge in [-0.15, -0.1) is 23.8 Å². The van der Waals surface area contributed by atoms with E-state index in [0.717, 1.165) is 56.1 Å². The summed E-state index contributed by atoms with van der Waals surface area (Å²) in [6, 6.07) is 60.0. The van der Waals surface area contributed by atoms with E-state index in [2.05, 4.69) is 6.07 Å². The van der Waals surface area contributed by atoms with Crippen molar-refractivity contribution in [3.05, 3.63) is 217 Å². The molecule has 0 fully saturated rings. The van der Waals surface area contributed by atoms with Crippen molar-refractivity contribution in [2.75, 3.05) is 0 Å². The number of pyridine rings is 1. The van der Waals surface area contributed by atoms with Crippen LogP contribution in [0.25, 0.3) is 95.0 Å². The van der Waals surface area contributed by atoms with Gasteiger partial charge in [-0.3, -0.25) is 9.55 Å². The Bertz CT molecular complexity index is 4150. The molecule has 8 aromatic carbocycles. The van der Waals surface area contributed by atoms with Gasteiger partial charge >= 0.3 is 0 Å². The number of phenolic OH excluding ortho intramolecular Hbond substituents is 1. The normalized spacial score (nSPS) is 16.8. The Hall–Kier alpha value is -7.13. The molecule has 0 saturated carbocycles. The van der Waals surface area contributed by atoms with Gasteiger partial charge in [-0.1, -0.05) is 224 Å². The molecular weight excluding hydrogens is 1050 g/mol. The van der Waals surface area contributed by atoms with Crippen molar-refractivity contribution in [1.29, 1.82) is 0 Å². The zero-order valence-electron chi connectivity index (χ0n) is 57.1. The maximum absolute atomic E-state index is 13.1. The summed E-state index contributed by atoms with van der Waals surface area (Å²) in [5, 5.41) is 13.1. The summed E-state index contributed by atoms with van der Waals surface area (Å²) in [7, 11) is 0. The van der Waals surface area contributed by atoms with Crippen molar-refractivity contribution in [2.24, 2.45) is 0 Å². The fourth-order valence-corrected chi connectivity index (χ4v) is 9.12. The first-order chi connectivity index (χ1) is 41.0. The Morgan fingerprint density at radius 2 is 1.07 bits per heavy atom. The Kier molecular flexibility index (Phi) is 8.47. The molecule has 0 unspecified atom stereocenters. The Labute approximate surface area is 459 Å². The third kappa shape index (κ3) is 9.84. The molecule has 0 bridgehead atoms. The van der Waals surface area contributed by atoms with Crippen molar-refractivity contribution >= 4 is 11.0 Å². The molecule has 2 heterocycles. The van der Waals surface area contributed by atoms with Gasteiger partial charge in [-0.25, -0.2) is 4.98 Å². The number of para-hydroxylation sites is 1. The number of hydrogen-bond acceptors (Lipinski definition) is 3. The Morgan fingerprint density at radius 1 is 0.479 bits per heavy atom. The molecule has 4 nitrogen and oxygen atoms in total. The van der Waals surface area contributed by atoms with Crippen LogP contribution in [0.5, 0.6) is 5.75 Å². The SMILES string of the molecule is [2H]C([2H])([2H])C(c1cc(-c2nc3c(-c4[c-]c(-c5cc(-c6ccc(-c7ccccc7)cc6)ccn5)cc(-c5ccccc5)c4)cccc3n2-c2ccc(-c3ccccc3)c(C(C)(C)C)c2)c(O)c(C(C([2H])([2H])[2H])(C([2H])([2H])[2H])C([2H])([2H])[2H])c1)(C([2H])([2H])[2H])C([2H])([2H])[2H].[Pt]. The van der Waals surface area contributed by atoms with E-state index in [4.69, 9.17) is 34.6 Å². The molecule has 0 atom stereocenters. The first-order valence-electron chi connectivity index (χ1n) is 31.9. The third-order valence-electron chi connectivity index (χ3n) is 12.7. The van der Waals surface area contributed by atoms with Crippen LogP contribution in [-0.2, 0) is 37.3 Å². The molecule has 1 N–H and O–H groups in total. The quantitative estimate of drug-likeness (QED) is 0.154. The van der Waals surface area contributed by atoms with Gasteiger partial charge in [0.1, 0.15) is 11.6 Å². The van der Waals surface area contributed by atoms with Crippen molar-refractivity contribution in [2.45, 2.75) is 78.1 Å². The third-order valence-corrected chi connectivity index (χ3v) is 12.7. The number of aromatic nitrogens is 3. The number of benzene rings is 8. The van der Waals surface area contributed by atoms with E-state index in [1.807, 2.05) is 172 Å². The average Bonchev–Trinajstić information content (AvgIpc) is 1.09. The van der Waals surface area contributed by atoms with Gasteiger partial charge < -0.3 is 5.11 Å². The van der Waals surface area contributed by atoms with Gasteiger partial charge in [0.2, 0.25) is 0 Å². The predicted molar refractivity (Wildman–Crippen MR) is 294 cm³/mol. The number of fused-ring (bicyclic) bond motifs is 1. The summed E-state index contributed by atoms with van der Waals surface area (Å²) >= 11 is 0. The van der Waals surface area contributed by atoms with Crippen LogP contribution in [0.4, 0.5) is 0 Å². The van der Waals surface area contributed by atoms with Gasteiger partial charge in [0.05, 0.1) is 16.6 Å². The van der Waals surface area contributed by atoms with Gasteiger partial charge in [-0.2, -0.15) is 0 Å². The molecular formula is C66H60N3OPt-. The molecule has 0 saturated heterocycles. The number of nitrogens with zero attached hydrogens (tertiary/aromatic N) is 3. The summed E-state index contributed by atoms with van der Waals surface area (Å²) in [6.07, 6.45) is 1.70. The number of aromatic hydroxyl groups is 1. The maximum Gasteiger partial charge on any atom is 0.148 e. The maximum atomic E-state index is 13.1. The van der Waals surface area contributed by atoms with Gasteiger partial charge in [-0.05, 0) is 96.6 Å². The molecule has 10 rings (SSSR count). The van der Waals surface area contributed by atoms with Gasteiger partial charge in [0.25, 0.3) is 0 Å². The molecule has 356 valence electrons. The standard InChI is InChI=1S/C66H60N3O.Pt/c1-64(2,3)52-40-56(62(70)58(41-52)66(7,8)9)63-68-61-55(26-19-27-60(61)69(63)53-32-33-54(47-24-17-12-18-25-47)57(42-53)65(4,5)6)50-36-49(44-22-15-11-16-23-44)37-51(38-50)59-39-48(34-35-67-59)46-30-28-45(29-31-46)43-20-13-10-14-21-43;/h10-37,39-42,70H,1-9H3;/q-1;/i1D3,2D3,3D3,7D3,8D3,9D3;. The second-order valence-electron chi connectivity index (χ2n) is 18.6. The Balaban J connectivity index is 0.00000941. The number of hydrogen-bond donors (Lipinski definition) is 1. The van der Waals surface area contributed by atoms with Crippen LogP contribution in [0.3, 0.4) is 0 Å². The predicted octanol–water partition coefficient (Wildman–Crippen LogP) is 17.5. The molecule has 0 aliphatic carbocycles. The first-order valence-corrected chi connectivity index (χ1v) is 22.9. The summed E-state index contributed by atoms with van der Waals surface area (Å²) in [5.74, 6) is -1.79. The van der Waals surface area contributed by atoms with Crippen LogP contribution in [0.1, 0.15) is 103 Å². The summed E-state index contributed by atoms with van der Waals surface area (Å²) in [5.41, 5.74) is -1.76. The Morgan fingerprint density at radius 3 is 1.70 bits per heavy atom. The fourth-order valence-electron chi connectivity index (χ4n) is 9.12. The van der Waals surface area contributed by atoms with Crippen LogP contribution in [-0.4, -0.2) is 19.6 Å². The smallest absolute Gasteiger partial charge is 0.148 e. The summed E-state index contributed by atoms with van der Waals surface area (Å²) in [4.78, 5) is 10.0. The molecule has 5 heteroatoms. The zero-order chi connectivity index (χ0) is 64.0. The zero-order valence-corrected chi connectivity index (χ0v) is 41.4. The van der Waals surface area contributed by atoms with Gasteiger partial charge in [0.15, 0.2) is 0 Å². The van der Waals surface area contributed by atoms with Crippen LogP contribution >= 0.6 is 0 Å². The van der Waals surface area contributed by atoms with E-state index in [1.165, 1.54) is 4.57 Å². The molecule has 0 spiro atoms. The molecule has 0 aliphatic heterocycles. The number of rotatable bonds is 8. The second-order valence-corrected chi connectivity index (χ2v) is 18.6. The van der Waals surface area contributed by atoms with E-state index >= 15 is 0 Å². The van der Waals surface area contributed by atoms with E-state index in [-0.39, 0.29) is 32.1 Å².